The molecule has 0 aliphatic carbocycles. The average Bonchev–Trinajstić information content (AvgIpc) is 3.22. The van der Waals surface area contributed by atoms with E-state index in [-0.39, 0.29) is 19.1 Å². The quantitative estimate of drug-likeness (QED) is 0.885. The van der Waals surface area contributed by atoms with E-state index >= 15 is 0 Å². The summed E-state index contributed by atoms with van der Waals surface area (Å²) in [4.78, 5) is 29.3. The molecular weight excluding hydrogens is 314 g/mol. The summed E-state index contributed by atoms with van der Waals surface area (Å²) in [7, 11) is 0. The molecule has 1 aromatic carbocycles. The molecule has 1 atom stereocenters. The third-order valence-electron chi connectivity index (χ3n) is 3.87. The molecule has 1 saturated heterocycles. The summed E-state index contributed by atoms with van der Waals surface area (Å²) in [6.07, 6.45) is 0.465. The summed E-state index contributed by atoms with van der Waals surface area (Å²) >= 11 is 0. The van der Waals surface area contributed by atoms with Crippen molar-refractivity contribution in [1.29, 1.82) is 0 Å². The van der Waals surface area contributed by atoms with Crippen LogP contribution >= 0.6 is 0 Å². The fourth-order valence-corrected chi connectivity index (χ4v) is 2.63. The number of rotatable bonds is 5. The molecule has 3 rings (SSSR count). The van der Waals surface area contributed by atoms with Gasteiger partial charge in [-0.25, -0.2) is 0 Å². The molecule has 0 unspecified atom stereocenters. The molecule has 1 amide bonds. The van der Waals surface area contributed by atoms with Gasteiger partial charge in [0.25, 0.3) is 5.91 Å². The lowest BCUT2D eigenvalue weighted by molar-refractivity contribution is -0.141. The van der Waals surface area contributed by atoms with Crippen molar-refractivity contribution in [2.45, 2.75) is 20.0 Å². The van der Waals surface area contributed by atoms with Gasteiger partial charge in [-0.2, -0.15) is 4.98 Å². The average molecular weight is 331 g/mol. The number of carboxylic acids is 1. The summed E-state index contributed by atoms with van der Waals surface area (Å²) in [6.45, 7) is 2.40. The molecule has 0 radical (unpaired) electrons. The van der Waals surface area contributed by atoms with Crippen molar-refractivity contribution >= 4 is 11.9 Å². The van der Waals surface area contributed by atoms with E-state index in [1.54, 1.807) is 36.1 Å². The Labute approximate surface area is 138 Å². The van der Waals surface area contributed by atoms with E-state index in [1.165, 1.54) is 0 Å². The van der Waals surface area contributed by atoms with Gasteiger partial charge in [-0.3, -0.25) is 9.59 Å². The minimum Gasteiger partial charge on any atom is -0.485 e. The Kier molecular flexibility index (Phi) is 4.45. The van der Waals surface area contributed by atoms with Gasteiger partial charge in [-0.05, 0) is 18.6 Å². The predicted octanol–water partition coefficient (Wildman–Crippen LogP) is 1.50. The summed E-state index contributed by atoms with van der Waals surface area (Å²) in [5.74, 6) is -0.384. The lowest BCUT2D eigenvalue weighted by atomic mass is 10.1. The van der Waals surface area contributed by atoms with E-state index in [0.29, 0.717) is 36.0 Å². The molecule has 1 aliphatic heterocycles. The number of benzene rings is 1. The number of hydrogen-bond donors (Lipinski definition) is 1. The van der Waals surface area contributed by atoms with Gasteiger partial charge >= 0.3 is 5.97 Å². The Bertz CT molecular complexity index is 758. The van der Waals surface area contributed by atoms with Crippen LogP contribution in [0.1, 0.15) is 28.5 Å². The van der Waals surface area contributed by atoms with Crippen molar-refractivity contribution in [2.75, 3.05) is 13.1 Å². The topological polar surface area (TPSA) is 106 Å². The molecule has 8 nitrogen and oxygen atoms in total. The lowest BCUT2D eigenvalue weighted by Crippen LogP contribution is -2.30. The standard InChI is InChI=1S/C16H17N3O5/c1-10-17-14(18-24-10)9-23-13-5-3-2-4-12(13)15(20)19-7-6-11(8-19)16(21)22/h2-5,11H,6-9H2,1H3,(H,21,22)/t11-/m1/s1. The highest BCUT2D eigenvalue weighted by atomic mass is 16.5. The maximum absolute atomic E-state index is 12.7. The zero-order valence-corrected chi connectivity index (χ0v) is 13.1. The molecule has 1 aromatic heterocycles. The largest absolute Gasteiger partial charge is 0.485 e. The van der Waals surface area contributed by atoms with E-state index < -0.39 is 11.9 Å². The second-order valence-electron chi connectivity index (χ2n) is 5.59. The van der Waals surface area contributed by atoms with Gasteiger partial charge in [0.2, 0.25) is 11.7 Å². The second kappa shape index (κ2) is 6.69. The molecule has 8 heteroatoms. The fourth-order valence-electron chi connectivity index (χ4n) is 2.63. The third-order valence-corrected chi connectivity index (χ3v) is 3.87. The second-order valence-corrected chi connectivity index (χ2v) is 5.59. The van der Waals surface area contributed by atoms with Crippen molar-refractivity contribution in [3.8, 4) is 5.75 Å². The Morgan fingerprint density at radius 3 is 2.88 bits per heavy atom. The van der Waals surface area contributed by atoms with E-state index in [2.05, 4.69) is 10.1 Å². The van der Waals surface area contributed by atoms with Crippen LogP contribution in [0.2, 0.25) is 0 Å². The smallest absolute Gasteiger partial charge is 0.308 e. The predicted molar refractivity (Wildman–Crippen MR) is 81.5 cm³/mol. The van der Waals surface area contributed by atoms with Crippen LogP contribution in [0.25, 0.3) is 0 Å². The normalized spacial score (nSPS) is 17.0. The highest BCUT2D eigenvalue weighted by Crippen LogP contribution is 2.24. The zero-order valence-electron chi connectivity index (χ0n) is 13.1. The zero-order chi connectivity index (χ0) is 17.1. The molecule has 126 valence electrons. The van der Waals surface area contributed by atoms with Crippen LogP contribution in [0, 0.1) is 12.8 Å². The van der Waals surface area contributed by atoms with Crippen LogP contribution in [0.5, 0.6) is 5.75 Å². The van der Waals surface area contributed by atoms with E-state index in [9.17, 15) is 9.59 Å². The summed E-state index contributed by atoms with van der Waals surface area (Å²) < 4.78 is 10.5. The number of amides is 1. The van der Waals surface area contributed by atoms with E-state index in [4.69, 9.17) is 14.4 Å². The Morgan fingerprint density at radius 1 is 1.42 bits per heavy atom. The summed E-state index contributed by atoms with van der Waals surface area (Å²) in [6, 6.07) is 6.85. The number of aryl methyl sites for hydroxylation is 1. The molecule has 1 fully saturated rings. The van der Waals surface area contributed by atoms with Crippen LogP contribution in [-0.4, -0.2) is 45.1 Å². The number of nitrogens with zero attached hydrogens (tertiary/aromatic N) is 3. The number of carbonyl (C=O) groups is 2. The molecule has 2 aromatic rings. The minimum atomic E-state index is -0.873. The number of carbonyl (C=O) groups excluding carboxylic acids is 1. The number of likely N-dealkylation sites (tertiary alicyclic amines) is 1. The highest BCUT2D eigenvalue weighted by molar-refractivity contribution is 5.97. The number of hydrogen-bond acceptors (Lipinski definition) is 6. The van der Waals surface area contributed by atoms with Crippen molar-refractivity contribution in [3.63, 3.8) is 0 Å². The van der Waals surface area contributed by atoms with Gasteiger partial charge in [-0.15, -0.1) is 0 Å². The first kappa shape index (κ1) is 16.0. The van der Waals surface area contributed by atoms with Gasteiger partial charge in [0.1, 0.15) is 5.75 Å². The van der Waals surface area contributed by atoms with Crippen LogP contribution in [-0.2, 0) is 11.4 Å². The van der Waals surface area contributed by atoms with Crippen LogP contribution in [0.15, 0.2) is 28.8 Å². The molecule has 0 bridgehead atoms. The summed E-state index contributed by atoms with van der Waals surface area (Å²) in [5.41, 5.74) is 0.392. The van der Waals surface area contributed by atoms with E-state index in [1.807, 2.05) is 0 Å². The molecule has 0 spiro atoms. The molecule has 2 heterocycles. The number of ether oxygens (including phenoxy) is 1. The van der Waals surface area contributed by atoms with Crippen molar-refractivity contribution in [3.05, 3.63) is 41.5 Å². The van der Waals surface area contributed by atoms with Crippen LogP contribution < -0.4 is 4.74 Å². The van der Waals surface area contributed by atoms with Crippen LogP contribution in [0.3, 0.4) is 0 Å². The lowest BCUT2D eigenvalue weighted by Gasteiger charge is -2.18. The molecule has 24 heavy (non-hydrogen) atoms. The number of carboxylic acid groups (broad SMARTS) is 1. The van der Waals surface area contributed by atoms with Crippen molar-refractivity contribution in [2.24, 2.45) is 5.92 Å². The summed E-state index contributed by atoms with van der Waals surface area (Å²) in [5, 5.41) is 12.8. The van der Waals surface area contributed by atoms with E-state index in [0.717, 1.165) is 0 Å². The molecule has 1 N–H and O–H groups in total. The van der Waals surface area contributed by atoms with Gasteiger partial charge < -0.3 is 19.3 Å². The minimum absolute atomic E-state index is 0.0827. The maximum atomic E-state index is 12.7. The fraction of sp³-hybridized carbons (Fsp3) is 0.375. The van der Waals surface area contributed by atoms with Gasteiger partial charge in [0, 0.05) is 20.0 Å². The number of aromatic nitrogens is 2. The van der Waals surface area contributed by atoms with Crippen LogP contribution in [0.4, 0.5) is 0 Å². The first-order valence-electron chi connectivity index (χ1n) is 7.57. The Hall–Kier alpha value is -2.90. The van der Waals surface area contributed by atoms with Gasteiger partial charge in [-0.1, -0.05) is 17.3 Å². The molecule has 1 aliphatic rings. The Morgan fingerprint density at radius 2 is 2.21 bits per heavy atom. The number of para-hydroxylation sites is 1. The molecular formula is C16H17N3O5. The number of aliphatic carboxylic acids is 1. The molecule has 0 saturated carbocycles. The first-order chi connectivity index (χ1) is 11.5. The van der Waals surface area contributed by atoms with Crippen molar-refractivity contribution < 1.29 is 24.0 Å². The van der Waals surface area contributed by atoms with Crippen molar-refractivity contribution in [1.82, 2.24) is 15.0 Å². The third kappa shape index (κ3) is 3.37. The highest BCUT2D eigenvalue weighted by Gasteiger charge is 2.32. The van der Waals surface area contributed by atoms with Gasteiger partial charge in [0.05, 0.1) is 11.5 Å². The Balaban J connectivity index is 1.71. The SMILES string of the molecule is Cc1nc(COc2ccccc2C(=O)N2CC[C@@H](C(=O)O)C2)no1. The maximum Gasteiger partial charge on any atom is 0.308 e. The van der Waals surface area contributed by atoms with Gasteiger partial charge in [0.15, 0.2) is 6.61 Å². The monoisotopic (exact) mass is 331 g/mol. The first-order valence-corrected chi connectivity index (χ1v) is 7.57.